The van der Waals surface area contributed by atoms with E-state index in [-0.39, 0.29) is 24.2 Å². The number of rotatable bonds is 7. The van der Waals surface area contributed by atoms with E-state index in [4.69, 9.17) is 4.74 Å². The zero-order valence-electron chi connectivity index (χ0n) is 15.7. The Morgan fingerprint density at radius 1 is 0.862 bits per heavy atom. The van der Waals surface area contributed by atoms with Gasteiger partial charge in [0, 0.05) is 11.4 Å². The summed E-state index contributed by atoms with van der Waals surface area (Å²) in [5.74, 6) is -0.487. The largest absolute Gasteiger partial charge is 0.495 e. The highest BCUT2D eigenvalue weighted by Crippen LogP contribution is 2.23. The Hall–Kier alpha value is -3.87. The van der Waals surface area contributed by atoms with Crippen LogP contribution in [0, 0.1) is 5.82 Å². The Morgan fingerprint density at radius 2 is 1.52 bits per heavy atom. The minimum atomic E-state index is -0.383. The van der Waals surface area contributed by atoms with Gasteiger partial charge in [0.15, 0.2) is 0 Å². The third kappa shape index (κ3) is 5.32. The topological polar surface area (TPSA) is 79.5 Å². The highest BCUT2D eigenvalue weighted by Gasteiger charge is 2.13. The van der Waals surface area contributed by atoms with E-state index in [0.717, 1.165) is 0 Å². The van der Waals surface area contributed by atoms with Gasteiger partial charge in [0.05, 0.1) is 24.9 Å². The number of hydrogen-bond acceptors (Lipinski definition) is 4. The minimum absolute atomic E-state index is 0.0428. The molecule has 3 N–H and O–H groups in total. The second kappa shape index (κ2) is 9.36. The molecule has 0 aliphatic carbocycles. The lowest BCUT2D eigenvalue weighted by molar-refractivity contribution is -0.114. The molecule has 7 heteroatoms. The van der Waals surface area contributed by atoms with Crippen LogP contribution in [-0.4, -0.2) is 25.5 Å². The van der Waals surface area contributed by atoms with Gasteiger partial charge in [-0.3, -0.25) is 9.59 Å². The summed E-state index contributed by atoms with van der Waals surface area (Å²) in [4.78, 5) is 24.9. The van der Waals surface area contributed by atoms with Crippen LogP contribution in [0.5, 0.6) is 5.75 Å². The lowest BCUT2D eigenvalue weighted by atomic mass is 10.1. The molecule has 0 atom stereocenters. The van der Waals surface area contributed by atoms with Crippen molar-refractivity contribution in [2.24, 2.45) is 0 Å². The van der Waals surface area contributed by atoms with Crippen LogP contribution in [0.25, 0.3) is 0 Å². The Labute approximate surface area is 167 Å². The molecular weight excluding hydrogens is 373 g/mol. The van der Waals surface area contributed by atoms with E-state index >= 15 is 0 Å². The maximum Gasteiger partial charge on any atom is 0.257 e. The standard InChI is InChI=1S/C22H20FN3O3/c1-29-20-9-5-4-8-19(20)26-21(27)14-24-18-7-3-2-6-17(18)22(28)25-16-12-10-15(23)11-13-16/h2-13,24H,14H2,1H3,(H,25,28)(H,26,27). The van der Waals surface area contributed by atoms with Crippen molar-refractivity contribution in [2.75, 3.05) is 29.6 Å². The number of anilines is 3. The molecule has 2 amide bonds. The van der Waals surface area contributed by atoms with Crippen LogP contribution < -0.4 is 20.7 Å². The number of carbonyl (C=O) groups excluding carboxylic acids is 2. The molecule has 3 aromatic carbocycles. The summed E-state index contributed by atoms with van der Waals surface area (Å²) in [6.07, 6.45) is 0. The number of methoxy groups -OCH3 is 1. The molecule has 29 heavy (non-hydrogen) atoms. The maximum atomic E-state index is 13.0. The molecule has 0 unspecified atom stereocenters. The van der Waals surface area contributed by atoms with Crippen molar-refractivity contribution in [2.45, 2.75) is 0 Å². The van der Waals surface area contributed by atoms with Crippen LogP contribution in [-0.2, 0) is 4.79 Å². The van der Waals surface area contributed by atoms with Crippen molar-refractivity contribution in [3.63, 3.8) is 0 Å². The molecule has 0 bridgehead atoms. The van der Waals surface area contributed by atoms with E-state index < -0.39 is 0 Å². The van der Waals surface area contributed by atoms with Crippen molar-refractivity contribution in [1.29, 1.82) is 0 Å². The molecule has 0 spiro atoms. The molecule has 0 saturated heterocycles. The zero-order valence-corrected chi connectivity index (χ0v) is 15.7. The number of ether oxygens (including phenoxy) is 1. The SMILES string of the molecule is COc1ccccc1NC(=O)CNc1ccccc1C(=O)Nc1ccc(F)cc1. The average molecular weight is 393 g/mol. The first-order valence-corrected chi connectivity index (χ1v) is 8.89. The average Bonchev–Trinajstić information content (AvgIpc) is 2.74. The summed E-state index contributed by atoms with van der Waals surface area (Å²) in [5, 5.41) is 8.44. The first-order chi connectivity index (χ1) is 14.1. The summed E-state index contributed by atoms with van der Waals surface area (Å²) in [6.45, 7) is -0.0428. The molecule has 0 saturated carbocycles. The molecular formula is C22H20FN3O3. The van der Waals surface area contributed by atoms with Gasteiger partial charge in [-0.15, -0.1) is 0 Å². The Balaban J connectivity index is 1.65. The summed E-state index contributed by atoms with van der Waals surface area (Å²) in [5.41, 5.74) is 1.90. The monoisotopic (exact) mass is 393 g/mol. The lowest BCUT2D eigenvalue weighted by Gasteiger charge is -2.13. The molecule has 0 radical (unpaired) electrons. The summed E-state index contributed by atoms with van der Waals surface area (Å²) in [6, 6.07) is 19.4. The normalized spacial score (nSPS) is 10.1. The third-order valence-corrected chi connectivity index (χ3v) is 4.09. The Kier molecular flexibility index (Phi) is 6.42. The highest BCUT2D eigenvalue weighted by molar-refractivity contribution is 6.08. The first-order valence-electron chi connectivity index (χ1n) is 8.89. The van der Waals surface area contributed by atoms with Gasteiger partial charge in [-0.1, -0.05) is 24.3 Å². The van der Waals surface area contributed by atoms with Gasteiger partial charge in [0.1, 0.15) is 11.6 Å². The van der Waals surface area contributed by atoms with Crippen molar-refractivity contribution >= 4 is 28.9 Å². The maximum absolute atomic E-state index is 13.0. The molecule has 0 fully saturated rings. The van der Waals surface area contributed by atoms with Crippen LogP contribution in [0.1, 0.15) is 10.4 Å². The summed E-state index contributed by atoms with van der Waals surface area (Å²) >= 11 is 0. The van der Waals surface area contributed by atoms with E-state index in [9.17, 15) is 14.0 Å². The van der Waals surface area contributed by atoms with Crippen LogP contribution >= 0.6 is 0 Å². The smallest absolute Gasteiger partial charge is 0.257 e. The lowest BCUT2D eigenvalue weighted by Crippen LogP contribution is -2.23. The van der Waals surface area contributed by atoms with Gasteiger partial charge in [0.2, 0.25) is 5.91 Å². The number of carbonyl (C=O) groups is 2. The molecule has 3 rings (SSSR count). The fraction of sp³-hybridized carbons (Fsp3) is 0.0909. The third-order valence-electron chi connectivity index (χ3n) is 4.09. The predicted molar refractivity (Wildman–Crippen MR) is 111 cm³/mol. The van der Waals surface area contributed by atoms with Crippen LogP contribution in [0.15, 0.2) is 72.8 Å². The zero-order chi connectivity index (χ0) is 20.6. The summed E-state index contributed by atoms with van der Waals surface area (Å²) in [7, 11) is 1.53. The Bertz CT molecular complexity index is 1010. The van der Waals surface area contributed by atoms with Gasteiger partial charge in [0.25, 0.3) is 5.91 Å². The van der Waals surface area contributed by atoms with Gasteiger partial charge >= 0.3 is 0 Å². The molecule has 6 nitrogen and oxygen atoms in total. The van der Waals surface area contributed by atoms with Gasteiger partial charge in [-0.2, -0.15) is 0 Å². The second-order valence-corrected chi connectivity index (χ2v) is 6.11. The molecule has 0 aliphatic heterocycles. The minimum Gasteiger partial charge on any atom is -0.495 e. The number of amides is 2. The fourth-order valence-corrected chi connectivity index (χ4v) is 2.68. The van der Waals surface area contributed by atoms with Crippen molar-refractivity contribution in [3.8, 4) is 5.75 Å². The van der Waals surface area contributed by atoms with Gasteiger partial charge in [-0.05, 0) is 48.5 Å². The van der Waals surface area contributed by atoms with Crippen molar-refractivity contribution in [1.82, 2.24) is 0 Å². The van der Waals surface area contributed by atoms with Crippen LogP contribution in [0.3, 0.4) is 0 Å². The highest BCUT2D eigenvalue weighted by atomic mass is 19.1. The predicted octanol–water partition coefficient (Wildman–Crippen LogP) is 4.14. The van der Waals surface area contributed by atoms with E-state index in [1.165, 1.54) is 31.4 Å². The molecule has 0 heterocycles. The van der Waals surface area contributed by atoms with E-state index in [0.29, 0.717) is 28.4 Å². The number of benzene rings is 3. The number of halogens is 1. The molecule has 148 valence electrons. The van der Waals surface area contributed by atoms with Gasteiger partial charge < -0.3 is 20.7 Å². The summed E-state index contributed by atoms with van der Waals surface area (Å²) < 4.78 is 18.2. The van der Waals surface area contributed by atoms with Crippen molar-refractivity contribution in [3.05, 3.63) is 84.2 Å². The van der Waals surface area contributed by atoms with Crippen molar-refractivity contribution < 1.29 is 18.7 Å². The number of hydrogen-bond donors (Lipinski definition) is 3. The fourth-order valence-electron chi connectivity index (χ4n) is 2.68. The number of nitrogens with one attached hydrogen (secondary N) is 3. The van der Waals surface area contributed by atoms with E-state index in [1.54, 1.807) is 42.5 Å². The van der Waals surface area contributed by atoms with Crippen LogP contribution in [0.4, 0.5) is 21.5 Å². The first kappa shape index (κ1) is 19.9. The Morgan fingerprint density at radius 3 is 2.24 bits per heavy atom. The van der Waals surface area contributed by atoms with E-state index in [1.807, 2.05) is 6.07 Å². The quantitative estimate of drug-likeness (QED) is 0.564. The van der Waals surface area contributed by atoms with Crippen LogP contribution in [0.2, 0.25) is 0 Å². The van der Waals surface area contributed by atoms with Gasteiger partial charge in [-0.25, -0.2) is 4.39 Å². The second-order valence-electron chi connectivity index (χ2n) is 6.11. The molecule has 3 aromatic rings. The van der Waals surface area contributed by atoms with E-state index in [2.05, 4.69) is 16.0 Å². The molecule has 0 aliphatic rings. The number of para-hydroxylation sites is 3. The molecule has 0 aromatic heterocycles.